The zero-order chi connectivity index (χ0) is 10.8. The summed E-state index contributed by atoms with van der Waals surface area (Å²) in [6.07, 6.45) is 10.5. The molecule has 0 bridgehead atoms. The summed E-state index contributed by atoms with van der Waals surface area (Å²) in [7, 11) is 0. The Morgan fingerprint density at radius 3 is 2.56 bits per heavy atom. The molecule has 3 rings (SSSR count). The highest BCUT2D eigenvalue weighted by Gasteiger charge is 2.42. The van der Waals surface area contributed by atoms with Crippen LogP contribution in [-0.2, 0) is 9.47 Å². The Bertz CT molecular complexity index is 234. The van der Waals surface area contributed by atoms with Crippen LogP contribution in [0.2, 0.25) is 0 Å². The standard InChI is InChI=1S/C13H23NO2/c1-2-7-13(8-3-1)15-10-12(16-13)9-14-11-5-4-6-11/h11-12,14H,1-10H2. The fraction of sp³-hybridized carbons (Fsp3) is 1.00. The Kier molecular flexibility index (Phi) is 3.18. The molecule has 2 aliphatic carbocycles. The van der Waals surface area contributed by atoms with E-state index < -0.39 is 0 Å². The molecule has 16 heavy (non-hydrogen) atoms. The first kappa shape index (κ1) is 11.0. The van der Waals surface area contributed by atoms with Crippen LogP contribution in [0.1, 0.15) is 51.4 Å². The van der Waals surface area contributed by atoms with Gasteiger partial charge in [-0.05, 0) is 25.7 Å². The van der Waals surface area contributed by atoms with Crippen molar-refractivity contribution in [2.24, 2.45) is 0 Å². The van der Waals surface area contributed by atoms with Gasteiger partial charge in [0.05, 0.1) is 12.7 Å². The molecule has 1 unspecified atom stereocenters. The van der Waals surface area contributed by atoms with Crippen molar-refractivity contribution in [3.63, 3.8) is 0 Å². The van der Waals surface area contributed by atoms with Gasteiger partial charge in [-0.15, -0.1) is 0 Å². The van der Waals surface area contributed by atoms with Gasteiger partial charge in [-0.3, -0.25) is 0 Å². The molecule has 1 N–H and O–H groups in total. The van der Waals surface area contributed by atoms with Crippen LogP contribution in [0.5, 0.6) is 0 Å². The van der Waals surface area contributed by atoms with Crippen molar-refractivity contribution in [3.05, 3.63) is 0 Å². The highest BCUT2D eigenvalue weighted by Crippen LogP contribution is 2.37. The van der Waals surface area contributed by atoms with Gasteiger partial charge in [-0.2, -0.15) is 0 Å². The molecule has 3 heteroatoms. The van der Waals surface area contributed by atoms with Crippen molar-refractivity contribution in [2.45, 2.75) is 69.3 Å². The van der Waals surface area contributed by atoms with Gasteiger partial charge in [0.2, 0.25) is 0 Å². The summed E-state index contributed by atoms with van der Waals surface area (Å²) < 4.78 is 12.0. The van der Waals surface area contributed by atoms with E-state index in [4.69, 9.17) is 9.47 Å². The van der Waals surface area contributed by atoms with E-state index in [0.29, 0.717) is 6.10 Å². The van der Waals surface area contributed by atoms with Crippen LogP contribution in [0.4, 0.5) is 0 Å². The average Bonchev–Trinajstić information content (AvgIpc) is 2.61. The van der Waals surface area contributed by atoms with Crippen LogP contribution in [0.3, 0.4) is 0 Å². The summed E-state index contributed by atoms with van der Waals surface area (Å²) in [6, 6.07) is 0.756. The van der Waals surface area contributed by atoms with Crippen molar-refractivity contribution in [2.75, 3.05) is 13.2 Å². The molecule has 1 atom stereocenters. The molecule has 0 aromatic rings. The Morgan fingerprint density at radius 2 is 1.88 bits per heavy atom. The van der Waals surface area contributed by atoms with Crippen LogP contribution in [-0.4, -0.2) is 31.1 Å². The lowest BCUT2D eigenvalue weighted by Crippen LogP contribution is -2.41. The minimum Gasteiger partial charge on any atom is -0.347 e. The van der Waals surface area contributed by atoms with Crippen molar-refractivity contribution in [1.29, 1.82) is 0 Å². The van der Waals surface area contributed by atoms with E-state index in [0.717, 1.165) is 32.0 Å². The summed E-state index contributed by atoms with van der Waals surface area (Å²) in [4.78, 5) is 0. The van der Waals surface area contributed by atoms with Crippen molar-refractivity contribution >= 4 is 0 Å². The Hall–Kier alpha value is -0.120. The van der Waals surface area contributed by atoms with Crippen LogP contribution in [0.15, 0.2) is 0 Å². The molecule has 92 valence electrons. The average molecular weight is 225 g/mol. The third kappa shape index (κ3) is 2.27. The summed E-state index contributed by atoms with van der Waals surface area (Å²) >= 11 is 0. The molecule has 0 amide bonds. The molecule has 3 nitrogen and oxygen atoms in total. The lowest BCUT2D eigenvalue weighted by molar-refractivity contribution is -0.186. The van der Waals surface area contributed by atoms with E-state index in [1.165, 1.54) is 38.5 Å². The number of hydrogen-bond donors (Lipinski definition) is 1. The zero-order valence-electron chi connectivity index (χ0n) is 10.0. The smallest absolute Gasteiger partial charge is 0.168 e. The molecule has 0 radical (unpaired) electrons. The molecule has 1 aliphatic heterocycles. The van der Waals surface area contributed by atoms with Crippen LogP contribution >= 0.6 is 0 Å². The molecular weight excluding hydrogens is 202 g/mol. The fourth-order valence-electron chi connectivity index (χ4n) is 2.98. The predicted molar refractivity (Wildman–Crippen MR) is 62.3 cm³/mol. The summed E-state index contributed by atoms with van der Waals surface area (Å²) in [5, 5.41) is 3.58. The second-order valence-electron chi connectivity index (χ2n) is 5.56. The van der Waals surface area contributed by atoms with E-state index in [9.17, 15) is 0 Å². The normalized spacial score (nSPS) is 34.1. The van der Waals surface area contributed by atoms with Crippen LogP contribution in [0, 0.1) is 0 Å². The number of rotatable bonds is 3. The van der Waals surface area contributed by atoms with Crippen molar-refractivity contribution in [3.8, 4) is 0 Å². The lowest BCUT2D eigenvalue weighted by Gasteiger charge is -2.32. The highest BCUT2D eigenvalue weighted by atomic mass is 16.7. The third-order valence-corrected chi connectivity index (χ3v) is 4.27. The molecule has 0 aromatic carbocycles. The van der Waals surface area contributed by atoms with Gasteiger partial charge in [0, 0.05) is 25.4 Å². The summed E-state index contributed by atoms with van der Waals surface area (Å²) in [6.45, 7) is 1.77. The quantitative estimate of drug-likeness (QED) is 0.798. The second-order valence-corrected chi connectivity index (χ2v) is 5.56. The predicted octanol–water partition coefficient (Wildman–Crippen LogP) is 2.20. The van der Waals surface area contributed by atoms with Crippen molar-refractivity contribution < 1.29 is 9.47 Å². The molecule has 2 saturated carbocycles. The Labute approximate surface area is 97.9 Å². The minimum atomic E-state index is -0.190. The van der Waals surface area contributed by atoms with E-state index in [2.05, 4.69) is 5.32 Å². The van der Waals surface area contributed by atoms with E-state index in [1.54, 1.807) is 0 Å². The van der Waals surface area contributed by atoms with E-state index >= 15 is 0 Å². The van der Waals surface area contributed by atoms with Gasteiger partial charge in [0.25, 0.3) is 0 Å². The first-order valence-electron chi connectivity index (χ1n) is 6.91. The minimum absolute atomic E-state index is 0.190. The van der Waals surface area contributed by atoms with E-state index in [-0.39, 0.29) is 5.79 Å². The van der Waals surface area contributed by atoms with Crippen LogP contribution < -0.4 is 5.32 Å². The Morgan fingerprint density at radius 1 is 1.06 bits per heavy atom. The topological polar surface area (TPSA) is 30.5 Å². The van der Waals surface area contributed by atoms with Crippen LogP contribution in [0.25, 0.3) is 0 Å². The molecule has 3 fully saturated rings. The SMILES string of the molecule is C1CCC2(CC1)OCC(CNC1CCC1)O2. The van der Waals surface area contributed by atoms with E-state index in [1.807, 2.05) is 0 Å². The van der Waals surface area contributed by atoms with Gasteiger partial charge in [0.15, 0.2) is 5.79 Å². The van der Waals surface area contributed by atoms with Gasteiger partial charge >= 0.3 is 0 Å². The maximum absolute atomic E-state index is 6.12. The summed E-state index contributed by atoms with van der Waals surface area (Å²) in [5.41, 5.74) is 0. The monoisotopic (exact) mass is 225 g/mol. The Balaban J connectivity index is 1.44. The molecule has 3 aliphatic rings. The van der Waals surface area contributed by atoms with Gasteiger partial charge in [-0.1, -0.05) is 12.8 Å². The van der Waals surface area contributed by atoms with Crippen molar-refractivity contribution in [1.82, 2.24) is 5.32 Å². The molecule has 1 heterocycles. The first-order valence-corrected chi connectivity index (χ1v) is 6.91. The maximum atomic E-state index is 6.12. The highest BCUT2D eigenvalue weighted by molar-refractivity contribution is 4.85. The molecule has 1 spiro atoms. The lowest BCUT2D eigenvalue weighted by atomic mass is 9.93. The number of nitrogens with one attached hydrogen (secondary N) is 1. The molecular formula is C13H23NO2. The van der Waals surface area contributed by atoms with Gasteiger partial charge in [0.1, 0.15) is 0 Å². The number of hydrogen-bond acceptors (Lipinski definition) is 3. The molecule has 1 saturated heterocycles. The second kappa shape index (κ2) is 4.63. The summed E-state index contributed by atoms with van der Waals surface area (Å²) in [5.74, 6) is -0.190. The fourth-order valence-corrected chi connectivity index (χ4v) is 2.98. The number of ether oxygens (including phenoxy) is 2. The van der Waals surface area contributed by atoms with Gasteiger partial charge in [-0.25, -0.2) is 0 Å². The first-order chi connectivity index (χ1) is 7.86. The third-order valence-electron chi connectivity index (χ3n) is 4.27. The zero-order valence-corrected chi connectivity index (χ0v) is 10.0. The molecule has 0 aromatic heterocycles. The largest absolute Gasteiger partial charge is 0.347 e. The van der Waals surface area contributed by atoms with Gasteiger partial charge < -0.3 is 14.8 Å². The maximum Gasteiger partial charge on any atom is 0.168 e.